The molecular weight excluding hydrogens is 534 g/mol. The van der Waals surface area contributed by atoms with Crippen molar-refractivity contribution in [1.29, 1.82) is 0 Å². The topological polar surface area (TPSA) is 130 Å². The number of ether oxygens (including phenoxy) is 1. The van der Waals surface area contributed by atoms with Gasteiger partial charge < -0.3 is 19.3 Å². The molecule has 1 aromatic carbocycles. The Bertz CT molecular complexity index is 1190. The van der Waals surface area contributed by atoms with Crippen molar-refractivity contribution in [2.45, 2.75) is 124 Å². The largest absolute Gasteiger partial charge is 0.465 e. The first-order valence-electron chi connectivity index (χ1n) is 15.3. The Hall–Kier alpha value is -3.43. The molecule has 10 heteroatoms. The number of likely N-dealkylation sites (tertiary alicyclic amines) is 1. The third-order valence-electron chi connectivity index (χ3n) is 7.37. The van der Waals surface area contributed by atoms with Gasteiger partial charge in [-0.2, -0.15) is 4.98 Å². The summed E-state index contributed by atoms with van der Waals surface area (Å²) in [6, 6.07) is 8.07. The first kappa shape index (κ1) is 33.1. The zero-order valence-corrected chi connectivity index (χ0v) is 26.4. The van der Waals surface area contributed by atoms with E-state index in [2.05, 4.69) is 34.5 Å². The van der Waals surface area contributed by atoms with Crippen LogP contribution in [0.3, 0.4) is 0 Å². The molecule has 2 unspecified atom stereocenters. The third-order valence-corrected chi connectivity index (χ3v) is 7.37. The van der Waals surface area contributed by atoms with Crippen LogP contribution in [0.1, 0.15) is 117 Å². The lowest BCUT2D eigenvalue weighted by atomic mass is 9.72. The highest BCUT2D eigenvalue weighted by molar-refractivity contribution is 5.99. The van der Waals surface area contributed by atoms with Gasteiger partial charge in [0.15, 0.2) is 0 Å². The van der Waals surface area contributed by atoms with Gasteiger partial charge in [-0.3, -0.25) is 5.32 Å². The summed E-state index contributed by atoms with van der Waals surface area (Å²) in [5, 5.41) is 15.9. The predicted octanol–water partition coefficient (Wildman–Crippen LogP) is 7.79. The number of unbranched alkanes of at least 4 members (excludes halogenated alkanes) is 7. The van der Waals surface area contributed by atoms with Gasteiger partial charge in [0.2, 0.25) is 17.7 Å². The van der Waals surface area contributed by atoms with Crippen LogP contribution in [0.25, 0.3) is 11.4 Å². The van der Waals surface area contributed by atoms with Gasteiger partial charge in [0.05, 0.1) is 12.0 Å². The van der Waals surface area contributed by atoms with Gasteiger partial charge in [0.1, 0.15) is 5.60 Å². The summed E-state index contributed by atoms with van der Waals surface area (Å²) < 4.78 is 11.0. The molecule has 1 aromatic heterocycles. The number of nitrogens with one attached hydrogen (secondary N) is 1. The first-order valence-corrected chi connectivity index (χ1v) is 15.3. The zero-order valence-electron chi connectivity index (χ0n) is 26.4. The average Bonchev–Trinajstić information content (AvgIpc) is 3.32. The standard InChI is InChI=1S/C32H49N5O5/c1-8-9-10-11-12-13-14-15-16-22-17-19-23(20-18-22)26-33-27(42-36-26)24-21-37(25(24)31(2,3)4)28(34-29(38)39)35-30(40)41-32(5,6)7/h17-20,24-25H,8-16,21H2,1-7H3,(H,38,39)(H,34,35,40). The van der Waals surface area contributed by atoms with E-state index in [0.29, 0.717) is 18.3 Å². The lowest BCUT2D eigenvalue weighted by molar-refractivity contribution is 0.0265. The highest BCUT2D eigenvalue weighted by atomic mass is 16.6. The van der Waals surface area contributed by atoms with E-state index in [9.17, 15) is 14.7 Å². The van der Waals surface area contributed by atoms with Crippen molar-refractivity contribution in [2.75, 3.05) is 6.54 Å². The second kappa shape index (κ2) is 14.6. The summed E-state index contributed by atoms with van der Waals surface area (Å²) in [5.41, 5.74) is 1.09. The number of carboxylic acid groups (broad SMARTS) is 1. The van der Waals surface area contributed by atoms with Crippen molar-refractivity contribution in [3.05, 3.63) is 35.7 Å². The minimum absolute atomic E-state index is 0.0836. The zero-order chi connectivity index (χ0) is 30.9. The highest BCUT2D eigenvalue weighted by Gasteiger charge is 2.51. The molecule has 10 nitrogen and oxygen atoms in total. The minimum atomic E-state index is -1.32. The van der Waals surface area contributed by atoms with Crippen molar-refractivity contribution >= 4 is 18.1 Å². The van der Waals surface area contributed by atoms with Crippen LogP contribution in [0, 0.1) is 5.41 Å². The molecule has 1 fully saturated rings. The molecule has 1 aliphatic heterocycles. The molecule has 2 heterocycles. The molecule has 2 aromatic rings. The molecule has 0 spiro atoms. The quantitative estimate of drug-likeness (QED) is 0.156. The number of rotatable bonds is 11. The SMILES string of the molecule is CCCCCCCCCCc1ccc(-c2noc(C3CN(C(=NC(=O)OC(C)(C)C)NC(=O)O)C3C(C)(C)C)n2)cc1. The Labute approximate surface area is 250 Å². The van der Waals surface area contributed by atoms with Crippen molar-refractivity contribution in [2.24, 2.45) is 10.4 Å². The average molecular weight is 584 g/mol. The number of aryl methyl sites for hydroxylation is 1. The fourth-order valence-corrected chi connectivity index (χ4v) is 5.42. The van der Waals surface area contributed by atoms with E-state index in [4.69, 9.17) is 14.2 Å². The van der Waals surface area contributed by atoms with E-state index in [1.165, 1.54) is 56.9 Å². The molecular formula is C32H49N5O5. The molecule has 1 saturated heterocycles. The van der Waals surface area contributed by atoms with E-state index < -0.39 is 17.8 Å². The van der Waals surface area contributed by atoms with E-state index >= 15 is 0 Å². The van der Waals surface area contributed by atoms with Crippen LogP contribution in [0.4, 0.5) is 9.59 Å². The van der Waals surface area contributed by atoms with Crippen LogP contribution in [0.2, 0.25) is 0 Å². The Morgan fingerprint density at radius 2 is 1.64 bits per heavy atom. The minimum Gasteiger partial charge on any atom is -0.465 e. The number of hydrogen-bond acceptors (Lipinski definition) is 6. The molecule has 0 radical (unpaired) electrons. The van der Waals surface area contributed by atoms with Gasteiger partial charge in [-0.1, -0.05) is 102 Å². The number of carbonyl (C=O) groups is 2. The number of benzene rings is 1. The van der Waals surface area contributed by atoms with Crippen LogP contribution in [0.5, 0.6) is 0 Å². The van der Waals surface area contributed by atoms with Gasteiger partial charge in [0, 0.05) is 12.1 Å². The second-order valence-electron chi connectivity index (χ2n) is 13.3. The molecule has 232 valence electrons. The van der Waals surface area contributed by atoms with Crippen molar-refractivity contribution in [1.82, 2.24) is 20.4 Å². The van der Waals surface area contributed by atoms with Gasteiger partial charge >= 0.3 is 12.2 Å². The number of hydrogen-bond donors (Lipinski definition) is 2. The summed E-state index contributed by atoms with van der Waals surface area (Å²) in [6.07, 6.45) is 9.33. The number of amides is 2. The maximum absolute atomic E-state index is 12.4. The molecule has 3 rings (SSSR count). The number of nitrogens with zero attached hydrogens (tertiary/aromatic N) is 4. The van der Waals surface area contributed by atoms with Crippen molar-refractivity contribution in [3.8, 4) is 11.4 Å². The molecule has 0 aliphatic carbocycles. The molecule has 0 bridgehead atoms. The lowest BCUT2D eigenvalue weighted by Crippen LogP contribution is -2.65. The van der Waals surface area contributed by atoms with E-state index in [1.807, 2.05) is 32.9 Å². The summed E-state index contributed by atoms with van der Waals surface area (Å²) in [5.74, 6) is 0.726. The fraction of sp³-hybridized carbons (Fsp3) is 0.656. The first-order chi connectivity index (χ1) is 19.8. The van der Waals surface area contributed by atoms with Crippen molar-refractivity contribution in [3.63, 3.8) is 0 Å². The lowest BCUT2D eigenvalue weighted by Gasteiger charge is -2.53. The fourth-order valence-electron chi connectivity index (χ4n) is 5.42. The maximum Gasteiger partial charge on any atom is 0.437 e. The van der Waals surface area contributed by atoms with E-state index in [1.54, 1.807) is 25.7 Å². The molecule has 0 saturated carbocycles. The normalized spacial score (nSPS) is 17.6. The molecule has 2 atom stereocenters. The van der Waals surface area contributed by atoms with E-state index in [0.717, 1.165) is 12.0 Å². The van der Waals surface area contributed by atoms with E-state index in [-0.39, 0.29) is 23.3 Å². The molecule has 2 amide bonds. The number of carbonyl (C=O) groups excluding carboxylic acids is 1. The van der Waals surface area contributed by atoms with Crippen LogP contribution < -0.4 is 5.32 Å². The highest BCUT2D eigenvalue weighted by Crippen LogP contribution is 2.44. The smallest absolute Gasteiger partial charge is 0.437 e. The van der Waals surface area contributed by atoms with Crippen LogP contribution in [-0.2, 0) is 11.2 Å². The summed E-state index contributed by atoms with van der Waals surface area (Å²) in [4.78, 5) is 34.3. The second-order valence-corrected chi connectivity index (χ2v) is 13.3. The van der Waals surface area contributed by atoms with Gasteiger partial charge in [-0.15, -0.1) is 4.99 Å². The summed E-state index contributed by atoms with van der Waals surface area (Å²) >= 11 is 0. The van der Waals surface area contributed by atoms with Gasteiger partial charge in [0.25, 0.3) is 0 Å². The monoisotopic (exact) mass is 583 g/mol. The molecule has 1 aliphatic rings. The van der Waals surface area contributed by atoms with Gasteiger partial charge in [-0.25, -0.2) is 9.59 Å². The number of aromatic nitrogens is 2. The third kappa shape index (κ3) is 9.84. The van der Waals surface area contributed by atoms with Gasteiger partial charge in [-0.05, 0) is 44.6 Å². The van der Waals surface area contributed by atoms with Crippen molar-refractivity contribution < 1.29 is 24.0 Å². The Kier molecular flexibility index (Phi) is 11.5. The number of guanidine groups is 1. The Balaban J connectivity index is 1.65. The van der Waals surface area contributed by atoms with Crippen LogP contribution in [-0.4, -0.2) is 56.5 Å². The predicted molar refractivity (Wildman–Crippen MR) is 164 cm³/mol. The Morgan fingerprint density at radius 3 is 2.21 bits per heavy atom. The maximum atomic E-state index is 12.4. The molecule has 42 heavy (non-hydrogen) atoms. The van der Waals surface area contributed by atoms with Crippen LogP contribution >= 0.6 is 0 Å². The summed E-state index contributed by atoms with van der Waals surface area (Å²) in [7, 11) is 0. The number of aliphatic imine (C=N–C) groups is 1. The molecule has 2 N–H and O–H groups in total. The Morgan fingerprint density at radius 1 is 1.02 bits per heavy atom. The summed E-state index contributed by atoms with van der Waals surface area (Å²) in [6.45, 7) is 13.9. The van der Waals surface area contributed by atoms with Crippen LogP contribution in [0.15, 0.2) is 33.8 Å².